The van der Waals surface area contributed by atoms with Crippen LogP contribution in [0.1, 0.15) is 5.56 Å². The maximum atomic E-state index is 10.2. The molecule has 5 nitrogen and oxygen atoms in total. The van der Waals surface area contributed by atoms with Gasteiger partial charge in [-0.15, -0.1) is 0 Å². The molecule has 3 N–H and O–H groups in total. The fraction of sp³-hybridized carbons (Fsp3) is 0.250. The van der Waals surface area contributed by atoms with E-state index in [-0.39, 0.29) is 11.4 Å². The van der Waals surface area contributed by atoms with Crippen molar-refractivity contribution in [3.8, 4) is 5.75 Å². The number of nitro benzene ring substituents is 1. The standard InChI is InChI=1S/C7H7NO3.CH5N/c1-5-2-3-6(8(10)11)4-7(5)9;1-2/h2-4,9H,1H3;2H2,1H3. The van der Waals surface area contributed by atoms with E-state index in [0.29, 0.717) is 5.56 Å². The Balaban J connectivity index is 0.000000671. The number of rotatable bonds is 1. The summed E-state index contributed by atoms with van der Waals surface area (Å²) in [6, 6.07) is 4.00. The molecule has 0 saturated carbocycles. The molecule has 0 aliphatic carbocycles. The lowest BCUT2D eigenvalue weighted by atomic mass is 10.2. The number of nitro groups is 1. The number of hydrogen-bond acceptors (Lipinski definition) is 4. The molecule has 0 saturated heterocycles. The third-order valence-corrected chi connectivity index (χ3v) is 1.40. The fourth-order valence-corrected chi connectivity index (χ4v) is 0.711. The quantitative estimate of drug-likeness (QED) is 0.506. The molecule has 0 bridgehead atoms. The lowest BCUT2D eigenvalue weighted by Crippen LogP contribution is -1.87. The van der Waals surface area contributed by atoms with Crippen molar-refractivity contribution < 1.29 is 10.0 Å². The van der Waals surface area contributed by atoms with Gasteiger partial charge in [0.2, 0.25) is 0 Å². The molecule has 0 aliphatic heterocycles. The number of nitrogens with zero attached hydrogens (tertiary/aromatic N) is 1. The number of non-ortho nitro benzene ring substituents is 1. The van der Waals surface area contributed by atoms with Gasteiger partial charge in [0, 0.05) is 6.07 Å². The number of phenols is 1. The van der Waals surface area contributed by atoms with E-state index in [1.165, 1.54) is 19.2 Å². The van der Waals surface area contributed by atoms with Gasteiger partial charge in [0.15, 0.2) is 0 Å². The van der Waals surface area contributed by atoms with E-state index in [0.717, 1.165) is 6.07 Å². The molecule has 1 rings (SSSR count). The third kappa shape index (κ3) is 3.08. The molecule has 1 aromatic rings. The van der Waals surface area contributed by atoms with Crippen LogP contribution in [0.5, 0.6) is 5.75 Å². The van der Waals surface area contributed by atoms with E-state index in [1.807, 2.05) is 0 Å². The highest BCUT2D eigenvalue weighted by Crippen LogP contribution is 2.21. The van der Waals surface area contributed by atoms with Crippen molar-refractivity contribution in [2.24, 2.45) is 5.73 Å². The summed E-state index contributed by atoms with van der Waals surface area (Å²) >= 11 is 0. The molecule has 0 heterocycles. The number of aryl methyl sites for hydroxylation is 1. The average molecular weight is 184 g/mol. The summed E-state index contributed by atoms with van der Waals surface area (Å²) in [6.07, 6.45) is 0. The second-order valence-corrected chi connectivity index (χ2v) is 2.23. The zero-order valence-electron chi connectivity index (χ0n) is 7.52. The van der Waals surface area contributed by atoms with E-state index in [4.69, 9.17) is 5.11 Å². The molecular formula is C8H12N2O3. The van der Waals surface area contributed by atoms with Crippen LogP contribution in [0.2, 0.25) is 0 Å². The van der Waals surface area contributed by atoms with Crippen molar-refractivity contribution in [3.63, 3.8) is 0 Å². The predicted octanol–water partition coefficient (Wildman–Crippen LogP) is 1.18. The van der Waals surface area contributed by atoms with Gasteiger partial charge in [-0.25, -0.2) is 0 Å². The molecule has 13 heavy (non-hydrogen) atoms. The van der Waals surface area contributed by atoms with E-state index in [1.54, 1.807) is 6.92 Å². The van der Waals surface area contributed by atoms with Crippen LogP contribution in [0.3, 0.4) is 0 Å². The molecule has 0 amide bonds. The fourth-order valence-electron chi connectivity index (χ4n) is 0.711. The Hall–Kier alpha value is -1.62. The van der Waals surface area contributed by atoms with Crippen LogP contribution in [0.15, 0.2) is 18.2 Å². The van der Waals surface area contributed by atoms with Gasteiger partial charge >= 0.3 is 0 Å². The first kappa shape index (κ1) is 11.4. The highest BCUT2D eigenvalue weighted by atomic mass is 16.6. The Kier molecular flexibility index (Phi) is 4.47. The van der Waals surface area contributed by atoms with Crippen LogP contribution < -0.4 is 5.73 Å². The Morgan fingerprint density at radius 1 is 1.46 bits per heavy atom. The van der Waals surface area contributed by atoms with Gasteiger partial charge in [0.25, 0.3) is 5.69 Å². The van der Waals surface area contributed by atoms with Gasteiger partial charge in [0.05, 0.1) is 11.0 Å². The molecule has 0 fully saturated rings. The predicted molar refractivity (Wildman–Crippen MR) is 49.6 cm³/mol. The van der Waals surface area contributed by atoms with Crippen LogP contribution in [0, 0.1) is 17.0 Å². The monoisotopic (exact) mass is 184 g/mol. The van der Waals surface area contributed by atoms with E-state index >= 15 is 0 Å². The lowest BCUT2D eigenvalue weighted by molar-refractivity contribution is -0.384. The molecule has 0 atom stereocenters. The van der Waals surface area contributed by atoms with E-state index in [2.05, 4.69) is 5.73 Å². The van der Waals surface area contributed by atoms with Crippen molar-refractivity contribution in [3.05, 3.63) is 33.9 Å². The summed E-state index contributed by atoms with van der Waals surface area (Å²) in [5.74, 6) is -0.0424. The lowest BCUT2D eigenvalue weighted by Gasteiger charge is -1.95. The average Bonchev–Trinajstić information content (AvgIpc) is 2.13. The van der Waals surface area contributed by atoms with Gasteiger partial charge in [0.1, 0.15) is 5.75 Å². The van der Waals surface area contributed by atoms with Gasteiger partial charge in [-0.3, -0.25) is 10.1 Å². The van der Waals surface area contributed by atoms with Crippen molar-refractivity contribution in [2.75, 3.05) is 7.05 Å². The van der Waals surface area contributed by atoms with Gasteiger partial charge in [-0.1, -0.05) is 0 Å². The molecule has 0 aliphatic rings. The van der Waals surface area contributed by atoms with Gasteiger partial charge in [-0.2, -0.15) is 0 Å². The van der Waals surface area contributed by atoms with Crippen LogP contribution >= 0.6 is 0 Å². The first-order valence-electron chi connectivity index (χ1n) is 3.63. The van der Waals surface area contributed by atoms with E-state index < -0.39 is 4.92 Å². The minimum atomic E-state index is -0.542. The highest BCUT2D eigenvalue weighted by Gasteiger charge is 2.06. The number of phenolic OH excluding ortho intramolecular Hbond substituents is 1. The maximum absolute atomic E-state index is 10.2. The normalized spacial score (nSPS) is 8.54. The summed E-state index contributed by atoms with van der Waals surface area (Å²) in [5.41, 5.74) is 5.05. The summed E-state index contributed by atoms with van der Waals surface area (Å²) in [7, 11) is 1.50. The minimum absolute atomic E-state index is 0.0424. The molecule has 0 aromatic heterocycles. The molecule has 0 unspecified atom stereocenters. The summed E-state index contributed by atoms with van der Waals surface area (Å²) < 4.78 is 0. The Bertz CT molecular complexity index is 299. The second kappa shape index (κ2) is 5.10. The molecule has 1 aromatic carbocycles. The molecule has 0 radical (unpaired) electrons. The minimum Gasteiger partial charge on any atom is -0.507 e. The molecule has 0 spiro atoms. The Morgan fingerprint density at radius 2 is 2.00 bits per heavy atom. The first-order valence-corrected chi connectivity index (χ1v) is 3.63. The number of hydrogen-bond donors (Lipinski definition) is 2. The molecule has 5 heteroatoms. The largest absolute Gasteiger partial charge is 0.507 e. The highest BCUT2D eigenvalue weighted by molar-refractivity contribution is 5.42. The smallest absolute Gasteiger partial charge is 0.273 e. The van der Waals surface area contributed by atoms with Crippen molar-refractivity contribution in [1.29, 1.82) is 0 Å². The zero-order chi connectivity index (χ0) is 10.4. The molecule has 72 valence electrons. The first-order chi connectivity index (χ1) is 6.11. The molecular weight excluding hydrogens is 172 g/mol. The Morgan fingerprint density at radius 3 is 2.38 bits per heavy atom. The van der Waals surface area contributed by atoms with E-state index in [9.17, 15) is 10.1 Å². The van der Waals surface area contributed by atoms with Crippen molar-refractivity contribution in [1.82, 2.24) is 0 Å². The third-order valence-electron chi connectivity index (χ3n) is 1.40. The van der Waals surface area contributed by atoms with Crippen LogP contribution in [-0.4, -0.2) is 17.1 Å². The topological polar surface area (TPSA) is 89.4 Å². The van der Waals surface area contributed by atoms with Gasteiger partial charge < -0.3 is 10.8 Å². The SMILES string of the molecule is CN.Cc1ccc([N+](=O)[O-])cc1O. The van der Waals surface area contributed by atoms with Gasteiger partial charge in [-0.05, 0) is 25.6 Å². The second-order valence-electron chi connectivity index (χ2n) is 2.23. The number of benzene rings is 1. The number of nitrogens with two attached hydrogens (primary N) is 1. The summed E-state index contributed by atoms with van der Waals surface area (Å²) in [6.45, 7) is 1.68. The van der Waals surface area contributed by atoms with Crippen LogP contribution in [0.4, 0.5) is 5.69 Å². The maximum Gasteiger partial charge on any atom is 0.273 e. The Labute approximate surface area is 76.0 Å². The summed E-state index contributed by atoms with van der Waals surface area (Å²) in [4.78, 5) is 9.62. The van der Waals surface area contributed by atoms with Crippen LogP contribution in [-0.2, 0) is 0 Å². The van der Waals surface area contributed by atoms with Crippen molar-refractivity contribution in [2.45, 2.75) is 6.92 Å². The van der Waals surface area contributed by atoms with Crippen molar-refractivity contribution >= 4 is 5.69 Å². The number of aromatic hydroxyl groups is 1. The summed E-state index contributed by atoms with van der Waals surface area (Å²) in [5, 5.41) is 19.2. The van der Waals surface area contributed by atoms with Crippen LogP contribution in [0.25, 0.3) is 0 Å². The zero-order valence-corrected chi connectivity index (χ0v) is 7.52.